The number of aryl methyl sites for hydroxylation is 2. The number of aromatic amines is 1. The quantitative estimate of drug-likeness (QED) is 0.484. The average Bonchev–Trinajstić information content (AvgIpc) is 3.13. The molecular weight excluding hydrogens is 420 g/mol. The van der Waals surface area contributed by atoms with Gasteiger partial charge in [0.2, 0.25) is 0 Å². The third kappa shape index (κ3) is 3.63. The summed E-state index contributed by atoms with van der Waals surface area (Å²) in [5.41, 5.74) is 4.36. The van der Waals surface area contributed by atoms with Gasteiger partial charge in [-0.3, -0.25) is 4.31 Å². The monoisotopic (exact) mass is 454 g/mol. The molecule has 4 rings (SSSR count). The Labute approximate surface area is 187 Å². The van der Waals surface area contributed by atoms with Crippen LogP contribution in [-0.4, -0.2) is 28.0 Å². The fraction of sp³-hybridized carbons (Fsp3) is 0.440. The van der Waals surface area contributed by atoms with Gasteiger partial charge in [-0.2, -0.15) is 0 Å². The molecule has 0 amide bonds. The van der Waals surface area contributed by atoms with Gasteiger partial charge in [0.25, 0.3) is 10.0 Å². The van der Waals surface area contributed by atoms with Crippen LogP contribution in [0.5, 0.6) is 0 Å². The highest BCUT2D eigenvalue weighted by atomic mass is 32.2. The molecule has 4 nitrogen and oxygen atoms in total. The van der Waals surface area contributed by atoms with E-state index in [-0.39, 0.29) is 0 Å². The molecular formula is C25H34N2O2SSi. The van der Waals surface area contributed by atoms with Gasteiger partial charge in [0, 0.05) is 22.8 Å². The molecule has 0 bridgehead atoms. The summed E-state index contributed by atoms with van der Waals surface area (Å²) < 4.78 is 29.1. The Balaban J connectivity index is 1.96. The highest BCUT2D eigenvalue weighted by Crippen LogP contribution is 2.37. The maximum Gasteiger partial charge on any atom is 0.264 e. The van der Waals surface area contributed by atoms with Crippen molar-refractivity contribution in [2.45, 2.75) is 70.0 Å². The molecule has 0 saturated heterocycles. The van der Waals surface area contributed by atoms with Crippen molar-refractivity contribution in [1.29, 1.82) is 0 Å². The Morgan fingerprint density at radius 2 is 1.65 bits per heavy atom. The van der Waals surface area contributed by atoms with E-state index in [1.807, 2.05) is 31.2 Å². The second-order valence-electron chi connectivity index (χ2n) is 8.87. The highest BCUT2D eigenvalue weighted by molar-refractivity contribution is 7.92. The SMILES string of the molecule is CC[Si](CC)(CC)c1[nH]c2cccc3c2c1CCCCN3S(=O)(=O)c1ccc(C)cc1. The van der Waals surface area contributed by atoms with E-state index in [0.29, 0.717) is 11.4 Å². The summed E-state index contributed by atoms with van der Waals surface area (Å²) in [5, 5.41) is 2.58. The standard InChI is InChI=1S/C25H34N2O2SSi/c1-5-31(6-2,7-3)25-21-11-8-9-18-27(23-13-10-12-22(26-25)24(21)23)30(28,29)20-16-14-19(4)15-17-20/h10,12-17,26H,5-9,11,18H2,1-4H3. The van der Waals surface area contributed by atoms with Gasteiger partial charge in [-0.1, -0.05) is 62.7 Å². The molecule has 2 aromatic carbocycles. The van der Waals surface area contributed by atoms with Crippen molar-refractivity contribution in [3.8, 4) is 0 Å². The predicted octanol–water partition coefficient (Wildman–Crippen LogP) is 5.72. The number of aromatic nitrogens is 1. The maximum atomic E-state index is 13.7. The number of hydrogen-bond acceptors (Lipinski definition) is 2. The lowest BCUT2D eigenvalue weighted by Crippen LogP contribution is -2.48. The number of hydrogen-bond donors (Lipinski definition) is 1. The van der Waals surface area contributed by atoms with Crippen molar-refractivity contribution >= 4 is 40.0 Å². The molecule has 0 unspecified atom stereocenters. The van der Waals surface area contributed by atoms with Crippen LogP contribution in [0, 0.1) is 6.92 Å². The van der Waals surface area contributed by atoms with Crippen LogP contribution in [0.15, 0.2) is 47.4 Å². The Bertz CT molecular complexity index is 1170. The van der Waals surface area contributed by atoms with Gasteiger partial charge >= 0.3 is 0 Å². The number of rotatable bonds is 6. The van der Waals surface area contributed by atoms with Crippen molar-refractivity contribution in [2.24, 2.45) is 0 Å². The van der Waals surface area contributed by atoms with E-state index < -0.39 is 18.1 Å². The molecule has 1 aliphatic rings. The van der Waals surface area contributed by atoms with E-state index in [1.165, 1.54) is 29.0 Å². The van der Waals surface area contributed by atoms with Crippen LogP contribution in [0.1, 0.15) is 44.7 Å². The Morgan fingerprint density at radius 3 is 2.29 bits per heavy atom. The minimum atomic E-state index is -3.62. The summed E-state index contributed by atoms with van der Waals surface area (Å²) in [6, 6.07) is 16.9. The van der Waals surface area contributed by atoms with Crippen LogP contribution in [0.3, 0.4) is 0 Å². The lowest BCUT2D eigenvalue weighted by atomic mass is 10.0. The molecule has 1 aliphatic heterocycles. The van der Waals surface area contributed by atoms with Crippen molar-refractivity contribution in [3.63, 3.8) is 0 Å². The highest BCUT2D eigenvalue weighted by Gasteiger charge is 2.36. The lowest BCUT2D eigenvalue weighted by molar-refractivity contribution is 0.587. The predicted molar refractivity (Wildman–Crippen MR) is 134 cm³/mol. The molecule has 0 saturated carbocycles. The molecule has 0 atom stereocenters. The van der Waals surface area contributed by atoms with E-state index in [0.717, 1.165) is 41.4 Å². The number of nitrogens with zero attached hydrogens (tertiary/aromatic N) is 1. The van der Waals surface area contributed by atoms with E-state index in [2.05, 4.69) is 31.8 Å². The smallest absolute Gasteiger partial charge is 0.264 e. The summed E-state index contributed by atoms with van der Waals surface area (Å²) >= 11 is 0. The van der Waals surface area contributed by atoms with Gasteiger partial charge in [0.15, 0.2) is 0 Å². The molecule has 0 spiro atoms. The summed E-state index contributed by atoms with van der Waals surface area (Å²) in [5.74, 6) is 0. The Kier molecular flexibility index (Phi) is 6.05. The number of H-pyrrole nitrogens is 1. The summed E-state index contributed by atoms with van der Waals surface area (Å²) in [7, 11) is -5.25. The first-order valence-corrected chi connectivity index (χ1v) is 15.7. The summed E-state index contributed by atoms with van der Waals surface area (Å²) in [6.45, 7) is 9.49. The molecule has 0 fully saturated rings. The molecule has 166 valence electrons. The molecule has 1 N–H and O–H groups in total. The molecule has 3 aromatic rings. The first-order chi connectivity index (χ1) is 14.9. The molecule has 0 aliphatic carbocycles. The van der Waals surface area contributed by atoms with E-state index >= 15 is 0 Å². The normalized spacial score (nSPS) is 15.2. The minimum absolute atomic E-state index is 0.368. The third-order valence-corrected chi connectivity index (χ3v) is 14.8. The van der Waals surface area contributed by atoms with Crippen LogP contribution < -0.4 is 9.62 Å². The van der Waals surface area contributed by atoms with Crippen LogP contribution in [0.2, 0.25) is 18.1 Å². The van der Waals surface area contributed by atoms with Crippen molar-refractivity contribution in [1.82, 2.24) is 4.98 Å². The van der Waals surface area contributed by atoms with Crippen LogP contribution in [0.4, 0.5) is 5.69 Å². The first-order valence-electron chi connectivity index (χ1n) is 11.6. The summed E-state index contributed by atoms with van der Waals surface area (Å²) in [6.07, 6.45) is 2.90. The lowest BCUT2D eigenvalue weighted by Gasteiger charge is -2.30. The van der Waals surface area contributed by atoms with Crippen molar-refractivity contribution in [2.75, 3.05) is 10.8 Å². The molecule has 0 radical (unpaired) electrons. The van der Waals surface area contributed by atoms with Gasteiger partial charge in [-0.05, 0) is 56.0 Å². The molecule has 6 heteroatoms. The number of anilines is 1. The molecule has 2 heterocycles. The Hall–Kier alpha value is -2.05. The van der Waals surface area contributed by atoms with Gasteiger partial charge in [0.05, 0.1) is 10.6 Å². The van der Waals surface area contributed by atoms with Crippen LogP contribution >= 0.6 is 0 Å². The number of benzene rings is 2. The molecule has 1 aromatic heterocycles. The zero-order valence-corrected chi connectivity index (χ0v) is 21.0. The zero-order valence-electron chi connectivity index (χ0n) is 19.2. The zero-order chi connectivity index (χ0) is 22.2. The molecule has 31 heavy (non-hydrogen) atoms. The van der Waals surface area contributed by atoms with Crippen LogP contribution in [0.25, 0.3) is 10.9 Å². The van der Waals surface area contributed by atoms with Crippen LogP contribution in [-0.2, 0) is 16.4 Å². The topological polar surface area (TPSA) is 53.2 Å². The van der Waals surface area contributed by atoms with Gasteiger partial charge in [-0.25, -0.2) is 8.42 Å². The first kappa shape index (κ1) is 22.2. The second-order valence-corrected chi connectivity index (χ2v) is 15.9. The fourth-order valence-electron chi connectivity index (χ4n) is 5.25. The van der Waals surface area contributed by atoms with Gasteiger partial charge in [-0.15, -0.1) is 0 Å². The number of sulfonamides is 1. The summed E-state index contributed by atoms with van der Waals surface area (Å²) in [4.78, 5) is 4.17. The third-order valence-electron chi connectivity index (χ3n) is 7.38. The number of nitrogens with one attached hydrogen (secondary N) is 1. The average molecular weight is 455 g/mol. The largest absolute Gasteiger partial charge is 0.362 e. The van der Waals surface area contributed by atoms with E-state index in [1.54, 1.807) is 16.4 Å². The van der Waals surface area contributed by atoms with E-state index in [4.69, 9.17) is 0 Å². The van der Waals surface area contributed by atoms with Gasteiger partial charge in [0.1, 0.15) is 8.07 Å². The maximum absolute atomic E-state index is 13.7. The van der Waals surface area contributed by atoms with Gasteiger partial charge < -0.3 is 4.98 Å². The van der Waals surface area contributed by atoms with Crippen molar-refractivity contribution < 1.29 is 8.42 Å². The Morgan fingerprint density at radius 1 is 0.968 bits per heavy atom. The second kappa shape index (κ2) is 8.47. The minimum Gasteiger partial charge on any atom is -0.362 e. The fourth-order valence-corrected chi connectivity index (χ4v) is 10.6. The van der Waals surface area contributed by atoms with E-state index in [9.17, 15) is 8.42 Å². The van der Waals surface area contributed by atoms with Crippen molar-refractivity contribution in [3.05, 3.63) is 53.6 Å².